The molecule has 15 heavy (non-hydrogen) atoms. The summed E-state index contributed by atoms with van der Waals surface area (Å²) >= 11 is 7.93. The van der Waals surface area contributed by atoms with Gasteiger partial charge in [-0.25, -0.2) is 0 Å². The van der Waals surface area contributed by atoms with Crippen molar-refractivity contribution in [3.63, 3.8) is 0 Å². The third kappa shape index (κ3) is 3.45. The van der Waals surface area contributed by atoms with E-state index < -0.39 is 0 Å². The second-order valence-corrected chi connectivity index (χ2v) is 4.66. The molecule has 1 heterocycles. The van der Waals surface area contributed by atoms with E-state index in [1.54, 1.807) is 11.3 Å². The fourth-order valence-corrected chi connectivity index (χ4v) is 2.78. The fraction of sp³-hybridized carbons (Fsp3) is 0.636. The summed E-state index contributed by atoms with van der Waals surface area (Å²) in [7, 11) is 0. The maximum atomic E-state index is 6.23. The van der Waals surface area contributed by atoms with Gasteiger partial charge in [-0.15, -0.1) is 11.3 Å². The number of halogens is 1. The van der Waals surface area contributed by atoms with Gasteiger partial charge in [0.1, 0.15) is 0 Å². The Kier molecular flexibility index (Phi) is 5.61. The highest BCUT2D eigenvalue weighted by molar-refractivity contribution is 7.10. The van der Waals surface area contributed by atoms with Crippen molar-refractivity contribution in [2.45, 2.75) is 26.8 Å². The summed E-state index contributed by atoms with van der Waals surface area (Å²) < 4.78 is 5.45. The van der Waals surface area contributed by atoms with Crippen molar-refractivity contribution in [2.24, 2.45) is 0 Å². The third-order valence-corrected chi connectivity index (χ3v) is 4.01. The van der Waals surface area contributed by atoms with Crippen molar-refractivity contribution in [1.82, 2.24) is 5.32 Å². The summed E-state index contributed by atoms with van der Waals surface area (Å²) in [4.78, 5) is 1.18. The van der Waals surface area contributed by atoms with Crippen LogP contribution in [0.3, 0.4) is 0 Å². The molecule has 0 aromatic carbocycles. The van der Waals surface area contributed by atoms with E-state index in [4.69, 9.17) is 16.3 Å². The lowest BCUT2D eigenvalue weighted by molar-refractivity contribution is 0.124. The first-order chi connectivity index (χ1) is 7.20. The van der Waals surface area contributed by atoms with Crippen LogP contribution in [-0.4, -0.2) is 19.8 Å². The fourth-order valence-electron chi connectivity index (χ4n) is 1.39. The Morgan fingerprint density at radius 3 is 2.73 bits per heavy atom. The van der Waals surface area contributed by atoms with Crippen LogP contribution in [0.25, 0.3) is 0 Å². The molecule has 1 rings (SSSR count). The van der Waals surface area contributed by atoms with Gasteiger partial charge in [-0.1, -0.05) is 18.5 Å². The number of aryl methyl sites for hydroxylation is 1. The van der Waals surface area contributed by atoms with Crippen LogP contribution in [0.15, 0.2) is 5.38 Å². The summed E-state index contributed by atoms with van der Waals surface area (Å²) in [5.41, 5.74) is 1.15. The molecule has 86 valence electrons. The third-order valence-electron chi connectivity index (χ3n) is 2.18. The van der Waals surface area contributed by atoms with E-state index in [9.17, 15) is 0 Å². The van der Waals surface area contributed by atoms with Gasteiger partial charge in [0, 0.05) is 11.5 Å². The number of hydrogen-bond acceptors (Lipinski definition) is 3. The quantitative estimate of drug-likeness (QED) is 0.832. The molecule has 0 radical (unpaired) electrons. The normalized spacial score (nSPS) is 13.1. The summed E-state index contributed by atoms with van der Waals surface area (Å²) in [6.07, 6.45) is 0. The van der Waals surface area contributed by atoms with E-state index in [0.717, 1.165) is 23.7 Å². The van der Waals surface area contributed by atoms with Gasteiger partial charge < -0.3 is 10.1 Å². The Hall–Kier alpha value is -0.0900. The Morgan fingerprint density at radius 2 is 2.27 bits per heavy atom. The Labute approximate surface area is 101 Å². The van der Waals surface area contributed by atoms with Crippen LogP contribution in [-0.2, 0) is 4.74 Å². The van der Waals surface area contributed by atoms with Gasteiger partial charge in [0.2, 0.25) is 0 Å². The lowest BCUT2D eigenvalue weighted by Gasteiger charge is -2.16. The SMILES string of the molecule is CCNC(COCC)c1scc(C)c1Cl. The molecule has 2 nitrogen and oxygen atoms in total. The summed E-state index contributed by atoms with van der Waals surface area (Å²) in [6.45, 7) is 8.47. The molecule has 1 atom stereocenters. The van der Waals surface area contributed by atoms with Crippen LogP contribution in [0.1, 0.15) is 30.3 Å². The molecule has 1 aromatic heterocycles. The molecule has 1 N–H and O–H groups in total. The van der Waals surface area contributed by atoms with Gasteiger partial charge in [-0.3, -0.25) is 0 Å². The highest BCUT2D eigenvalue weighted by Crippen LogP contribution is 2.32. The van der Waals surface area contributed by atoms with Gasteiger partial charge in [0.05, 0.1) is 17.7 Å². The van der Waals surface area contributed by atoms with E-state index in [1.165, 1.54) is 4.88 Å². The summed E-state index contributed by atoms with van der Waals surface area (Å²) in [6, 6.07) is 0.223. The van der Waals surface area contributed by atoms with Gasteiger partial charge in [0.25, 0.3) is 0 Å². The Balaban J connectivity index is 2.74. The molecule has 0 aliphatic rings. The van der Waals surface area contributed by atoms with Gasteiger partial charge >= 0.3 is 0 Å². The molecule has 0 fully saturated rings. The van der Waals surface area contributed by atoms with E-state index in [2.05, 4.69) is 17.6 Å². The molecule has 0 bridgehead atoms. The zero-order chi connectivity index (χ0) is 11.3. The van der Waals surface area contributed by atoms with Crippen LogP contribution >= 0.6 is 22.9 Å². The molecule has 0 spiro atoms. The minimum absolute atomic E-state index is 0.223. The first kappa shape index (κ1) is 13.0. The monoisotopic (exact) mass is 247 g/mol. The van der Waals surface area contributed by atoms with Crippen LogP contribution < -0.4 is 5.32 Å². The van der Waals surface area contributed by atoms with Gasteiger partial charge in [-0.2, -0.15) is 0 Å². The number of rotatable bonds is 6. The highest BCUT2D eigenvalue weighted by atomic mass is 35.5. The maximum absolute atomic E-state index is 6.23. The Morgan fingerprint density at radius 1 is 1.53 bits per heavy atom. The van der Waals surface area contributed by atoms with E-state index >= 15 is 0 Å². The van der Waals surface area contributed by atoms with Crippen LogP contribution in [0.5, 0.6) is 0 Å². The largest absolute Gasteiger partial charge is 0.380 e. The first-order valence-corrected chi connectivity index (χ1v) is 6.51. The van der Waals surface area contributed by atoms with E-state index in [-0.39, 0.29) is 6.04 Å². The second kappa shape index (κ2) is 6.48. The van der Waals surface area contributed by atoms with E-state index in [0.29, 0.717) is 6.61 Å². The zero-order valence-corrected chi connectivity index (χ0v) is 11.0. The van der Waals surface area contributed by atoms with Gasteiger partial charge in [0.15, 0.2) is 0 Å². The number of likely N-dealkylation sites (N-methyl/N-ethyl adjacent to an activating group) is 1. The molecule has 4 heteroatoms. The van der Waals surface area contributed by atoms with Crippen molar-refractivity contribution >= 4 is 22.9 Å². The Bertz CT molecular complexity index is 301. The lowest BCUT2D eigenvalue weighted by atomic mass is 10.2. The molecule has 1 unspecified atom stereocenters. The van der Waals surface area contributed by atoms with Crippen molar-refractivity contribution in [2.75, 3.05) is 19.8 Å². The topological polar surface area (TPSA) is 21.3 Å². The molecular formula is C11H18ClNOS. The highest BCUT2D eigenvalue weighted by Gasteiger charge is 2.16. The van der Waals surface area contributed by atoms with Gasteiger partial charge in [-0.05, 0) is 31.3 Å². The minimum Gasteiger partial charge on any atom is -0.380 e. The average molecular weight is 248 g/mol. The minimum atomic E-state index is 0.223. The molecular weight excluding hydrogens is 230 g/mol. The summed E-state index contributed by atoms with van der Waals surface area (Å²) in [5.74, 6) is 0. The maximum Gasteiger partial charge on any atom is 0.0669 e. The van der Waals surface area contributed by atoms with Crippen molar-refractivity contribution in [3.05, 3.63) is 20.8 Å². The lowest BCUT2D eigenvalue weighted by Crippen LogP contribution is -2.24. The molecule has 0 saturated heterocycles. The molecule has 0 aliphatic carbocycles. The van der Waals surface area contributed by atoms with Crippen molar-refractivity contribution in [3.8, 4) is 0 Å². The average Bonchev–Trinajstić information content (AvgIpc) is 2.55. The smallest absolute Gasteiger partial charge is 0.0669 e. The number of nitrogens with one attached hydrogen (secondary N) is 1. The second-order valence-electron chi connectivity index (χ2n) is 3.37. The molecule has 0 aliphatic heterocycles. The standard InChI is InChI=1S/C11H18ClNOS/c1-4-13-9(6-14-5-2)11-10(12)8(3)7-15-11/h7,9,13H,4-6H2,1-3H3. The van der Waals surface area contributed by atoms with Crippen molar-refractivity contribution in [1.29, 1.82) is 0 Å². The van der Waals surface area contributed by atoms with Crippen LogP contribution in [0, 0.1) is 6.92 Å². The predicted octanol–water partition coefficient (Wildman–Crippen LogP) is 3.40. The number of hydrogen-bond donors (Lipinski definition) is 1. The molecule has 0 amide bonds. The van der Waals surface area contributed by atoms with Crippen molar-refractivity contribution < 1.29 is 4.74 Å². The van der Waals surface area contributed by atoms with Crippen LogP contribution in [0.2, 0.25) is 5.02 Å². The molecule has 1 aromatic rings. The zero-order valence-electron chi connectivity index (χ0n) is 9.47. The summed E-state index contributed by atoms with van der Waals surface area (Å²) in [5, 5.41) is 6.36. The molecule has 0 saturated carbocycles. The number of thiophene rings is 1. The predicted molar refractivity (Wildman–Crippen MR) is 67.0 cm³/mol. The van der Waals surface area contributed by atoms with Crippen LogP contribution in [0.4, 0.5) is 0 Å². The van der Waals surface area contributed by atoms with E-state index in [1.807, 2.05) is 13.8 Å². The first-order valence-electron chi connectivity index (χ1n) is 5.25. The number of ether oxygens (including phenoxy) is 1.